The lowest BCUT2D eigenvalue weighted by atomic mass is 10.0. The second-order valence-electron chi connectivity index (χ2n) is 5.52. The molecule has 108 valence electrons. The minimum atomic E-state index is -0.148. The first-order chi connectivity index (χ1) is 8.93. The van der Waals surface area contributed by atoms with Crippen molar-refractivity contribution >= 4 is 5.91 Å². The summed E-state index contributed by atoms with van der Waals surface area (Å²) in [5.41, 5.74) is 0. The van der Waals surface area contributed by atoms with Crippen LogP contribution in [0.25, 0.3) is 0 Å². The van der Waals surface area contributed by atoms with Crippen molar-refractivity contribution in [3.8, 4) is 0 Å². The standard InChI is InChI=1S/C15H26N2O2/c1-6-12-7-8-13(19-12)10-16-14(9-11(2)3)15(18)17(4)5/h7-8,11,14,16H,6,9-10H2,1-5H3. The van der Waals surface area contributed by atoms with E-state index in [1.807, 2.05) is 12.1 Å². The highest BCUT2D eigenvalue weighted by atomic mass is 16.3. The van der Waals surface area contributed by atoms with Gasteiger partial charge in [-0.1, -0.05) is 20.8 Å². The highest BCUT2D eigenvalue weighted by Gasteiger charge is 2.21. The fourth-order valence-corrected chi connectivity index (χ4v) is 1.99. The number of aryl methyl sites for hydroxylation is 1. The number of nitrogens with zero attached hydrogens (tertiary/aromatic N) is 1. The van der Waals surface area contributed by atoms with Gasteiger partial charge in [-0.25, -0.2) is 0 Å². The van der Waals surface area contributed by atoms with Crippen molar-refractivity contribution < 1.29 is 9.21 Å². The summed E-state index contributed by atoms with van der Waals surface area (Å²) in [6.07, 6.45) is 1.73. The lowest BCUT2D eigenvalue weighted by Gasteiger charge is -2.22. The molecule has 0 radical (unpaired) electrons. The summed E-state index contributed by atoms with van der Waals surface area (Å²) >= 11 is 0. The van der Waals surface area contributed by atoms with E-state index in [4.69, 9.17) is 4.42 Å². The Morgan fingerprint density at radius 3 is 2.42 bits per heavy atom. The number of hydrogen-bond acceptors (Lipinski definition) is 3. The van der Waals surface area contributed by atoms with Gasteiger partial charge in [0.15, 0.2) is 0 Å². The number of hydrogen-bond donors (Lipinski definition) is 1. The SMILES string of the molecule is CCc1ccc(CNC(CC(C)C)C(=O)N(C)C)o1. The summed E-state index contributed by atoms with van der Waals surface area (Å²) in [6.45, 7) is 6.91. The number of likely N-dealkylation sites (N-methyl/N-ethyl adjacent to an activating group) is 1. The third-order valence-corrected chi connectivity index (χ3v) is 3.03. The van der Waals surface area contributed by atoms with Gasteiger partial charge in [0.2, 0.25) is 5.91 Å². The Morgan fingerprint density at radius 1 is 1.32 bits per heavy atom. The maximum atomic E-state index is 12.1. The van der Waals surface area contributed by atoms with Gasteiger partial charge in [-0.2, -0.15) is 0 Å². The average Bonchev–Trinajstić information content (AvgIpc) is 2.80. The zero-order valence-electron chi connectivity index (χ0n) is 12.7. The Hall–Kier alpha value is -1.29. The molecule has 0 bridgehead atoms. The monoisotopic (exact) mass is 266 g/mol. The van der Waals surface area contributed by atoms with Crippen molar-refractivity contribution in [1.29, 1.82) is 0 Å². The second-order valence-corrected chi connectivity index (χ2v) is 5.52. The summed E-state index contributed by atoms with van der Waals surface area (Å²) in [5, 5.41) is 3.30. The number of amides is 1. The molecule has 1 aromatic rings. The molecule has 1 unspecified atom stereocenters. The molecular weight excluding hydrogens is 240 g/mol. The molecular formula is C15H26N2O2. The van der Waals surface area contributed by atoms with Gasteiger partial charge in [-0.05, 0) is 24.5 Å². The predicted octanol–water partition coefficient (Wildman–Crippen LogP) is 2.43. The molecule has 4 nitrogen and oxygen atoms in total. The molecule has 0 fully saturated rings. The first kappa shape index (κ1) is 15.8. The van der Waals surface area contributed by atoms with E-state index in [1.165, 1.54) is 0 Å². The molecule has 0 aliphatic carbocycles. The first-order valence-electron chi connectivity index (χ1n) is 6.96. The minimum absolute atomic E-state index is 0.121. The van der Waals surface area contributed by atoms with Gasteiger partial charge in [0.05, 0.1) is 12.6 Å². The third kappa shape index (κ3) is 5.07. The lowest BCUT2D eigenvalue weighted by Crippen LogP contribution is -2.44. The smallest absolute Gasteiger partial charge is 0.239 e. The summed E-state index contributed by atoms with van der Waals surface area (Å²) in [7, 11) is 3.58. The molecule has 19 heavy (non-hydrogen) atoms. The summed E-state index contributed by atoms with van der Waals surface area (Å²) in [6, 6.07) is 3.81. The summed E-state index contributed by atoms with van der Waals surface area (Å²) in [5.74, 6) is 2.47. The van der Waals surface area contributed by atoms with E-state index in [9.17, 15) is 4.79 Å². The van der Waals surface area contributed by atoms with Crippen LogP contribution in [0, 0.1) is 5.92 Å². The number of nitrogens with one attached hydrogen (secondary N) is 1. The third-order valence-electron chi connectivity index (χ3n) is 3.03. The van der Waals surface area contributed by atoms with Crippen molar-refractivity contribution in [3.63, 3.8) is 0 Å². The Morgan fingerprint density at radius 2 is 1.95 bits per heavy atom. The van der Waals surface area contributed by atoms with Crippen LogP contribution in [0.1, 0.15) is 38.7 Å². The van der Waals surface area contributed by atoms with Crippen molar-refractivity contribution in [3.05, 3.63) is 23.7 Å². The first-order valence-corrected chi connectivity index (χ1v) is 6.96. The van der Waals surface area contributed by atoms with Crippen LogP contribution >= 0.6 is 0 Å². The van der Waals surface area contributed by atoms with E-state index in [1.54, 1.807) is 19.0 Å². The van der Waals surface area contributed by atoms with E-state index < -0.39 is 0 Å². The molecule has 0 aliphatic rings. The summed E-state index contributed by atoms with van der Waals surface area (Å²) < 4.78 is 5.64. The molecule has 4 heteroatoms. The molecule has 1 rings (SSSR count). The van der Waals surface area contributed by atoms with Crippen molar-refractivity contribution in [2.24, 2.45) is 5.92 Å². The largest absolute Gasteiger partial charge is 0.465 e. The molecule has 0 spiro atoms. The molecule has 1 amide bonds. The highest BCUT2D eigenvalue weighted by molar-refractivity contribution is 5.81. The maximum absolute atomic E-state index is 12.1. The van der Waals surface area contributed by atoms with Crippen LogP contribution in [0.4, 0.5) is 0 Å². The Balaban J connectivity index is 2.59. The van der Waals surface area contributed by atoms with Crippen LogP contribution in [0.5, 0.6) is 0 Å². The number of furan rings is 1. The van der Waals surface area contributed by atoms with Crippen molar-refractivity contribution in [2.45, 2.75) is 46.2 Å². The zero-order valence-corrected chi connectivity index (χ0v) is 12.7. The molecule has 0 saturated heterocycles. The van der Waals surface area contributed by atoms with Crippen LogP contribution in [0.2, 0.25) is 0 Å². The maximum Gasteiger partial charge on any atom is 0.239 e. The van der Waals surface area contributed by atoms with Crippen molar-refractivity contribution in [1.82, 2.24) is 10.2 Å². The molecule has 0 saturated carbocycles. The fraction of sp³-hybridized carbons (Fsp3) is 0.667. The van der Waals surface area contributed by atoms with E-state index in [2.05, 4.69) is 26.1 Å². The lowest BCUT2D eigenvalue weighted by molar-refractivity contribution is -0.131. The van der Waals surface area contributed by atoms with Crippen LogP contribution in [0.3, 0.4) is 0 Å². The number of rotatable bonds is 7. The summed E-state index contributed by atoms with van der Waals surface area (Å²) in [4.78, 5) is 13.7. The van der Waals surface area contributed by atoms with Gasteiger partial charge in [0, 0.05) is 20.5 Å². The van der Waals surface area contributed by atoms with Crippen LogP contribution < -0.4 is 5.32 Å². The molecule has 1 heterocycles. The molecule has 1 aromatic heterocycles. The van der Waals surface area contributed by atoms with Gasteiger partial charge >= 0.3 is 0 Å². The van der Waals surface area contributed by atoms with Crippen LogP contribution in [0.15, 0.2) is 16.5 Å². The Labute approximate surface area is 116 Å². The van der Waals surface area contributed by atoms with Gasteiger partial charge < -0.3 is 9.32 Å². The van der Waals surface area contributed by atoms with Gasteiger partial charge in [-0.15, -0.1) is 0 Å². The van der Waals surface area contributed by atoms with Crippen LogP contribution in [-0.4, -0.2) is 30.9 Å². The zero-order chi connectivity index (χ0) is 14.4. The predicted molar refractivity (Wildman–Crippen MR) is 76.9 cm³/mol. The molecule has 0 aromatic carbocycles. The molecule has 0 aliphatic heterocycles. The Bertz CT molecular complexity index is 397. The number of carbonyl (C=O) groups is 1. The van der Waals surface area contributed by atoms with E-state index in [-0.39, 0.29) is 11.9 Å². The normalized spacial score (nSPS) is 12.7. The molecule has 1 N–H and O–H groups in total. The quantitative estimate of drug-likeness (QED) is 0.824. The van der Waals surface area contributed by atoms with Gasteiger partial charge in [-0.3, -0.25) is 10.1 Å². The number of carbonyl (C=O) groups excluding carboxylic acids is 1. The van der Waals surface area contributed by atoms with Gasteiger partial charge in [0.1, 0.15) is 11.5 Å². The van der Waals surface area contributed by atoms with E-state index >= 15 is 0 Å². The second kappa shape index (κ2) is 7.34. The topological polar surface area (TPSA) is 45.5 Å². The van der Waals surface area contributed by atoms with Gasteiger partial charge in [0.25, 0.3) is 0 Å². The average molecular weight is 266 g/mol. The fourth-order valence-electron chi connectivity index (χ4n) is 1.99. The Kier molecular flexibility index (Phi) is 6.09. The van der Waals surface area contributed by atoms with Crippen LogP contribution in [-0.2, 0) is 17.8 Å². The van der Waals surface area contributed by atoms with E-state index in [0.717, 1.165) is 24.4 Å². The van der Waals surface area contributed by atoms with E-state index in [0.29, 0.717) is 12.5 Å². The highest BCUT2D eigenvalue weighted by Crippen LogP contribution is 2.11. The van der Waals surface area contributed by atoms with Crippen molar-refractivity contribution in [2.75, 3.05) is 14.1 Å². The molecule has 1 atom stereocenters. The minimum Gasteiger partial charge on any atom is -0.465 e.